The van der Waals surface area contributed by atoms with Crippen molar-refractivity contribution in [3.8, 4) is 11.5 Å². The molecule has 0 atom stereocenters. The van der Waals surface area contributed by atoms with E-state index in [2.05, 4.69) is 33.4 Å². The fourth-order valence-electron chi connectivity index (χ4n) is 2.58. The van der Waals surface area contributed by atoms with Crippen molar-refractivity contribution >= 4 is 15.9 Å². The lowest BCUT2D eigenvalue weighted by atomic mass is 9.90. The number of nitrogens with one attached hydrogen (secondary N) is 1. The second kappa shape index (κ2) is 4.86. The van der Waals surface area contributed by atoms with Gasteiger partial charge in [0, 0.05) is 0 Å². The Bertz CT molecular complexity index is 416. The zero-order valence-electron chi connectivity index (χ0n) is 9.67. The number of fused-ring (bicyclic) bond motifs is 1. The molecule has 0 aliphatic carbocycles. The number of benzene rings is 1. The third-order valence-electron chi connectivity index (χ3n) is 3.52. The number of rotatable bonds is 2. The van der Waals surface area contributed by atoms with Crippen LogP contribution in [-0.2, 0) is 6.42 Å². The largest absolute Gasteiger partial charge is 0.453 e. The third-order valence-corrected chi connectivity index (χ3v) is 4.14. The maximum absolute atomic E-state index is 5.58. The summed E-state index contributed by atoms with van der Waals surface area (Å²) < 4.78 is 12.0. The predicted molar refractivity (Wildman–Crippen MR) is 69.6 cm³/mol. The van der Waals surface area contributed by atoms with Gasteiger partial charge in [0.1, 0.15) is 0 Å². The van der Waals surface area contributed by atoms with Gasteiger partial charge in [-0.3, -0.25) is 0 Å². The van der Waals surface area contributed by atoms with E-state index < -0.39 is 0 Å². The Labute approximate surface area is 110 Å². The van der Waals surface area contributed by atoms with E-state index in [0.717, 1.165) is 41.4 Å². The predicted octanol–water partition coefficient (Wildman–Crippen LogP) is 2.72. The molecule has 1 aromatic rings. The summed E-state index contributed by atoms with van der Waals surface area (Å²) in [6.45, 7) is 2.62. The Morgan fingerprint density at radius 3 is 2.76 bits per heavy atom. The molecule has 0 aromatic heterocycles. The fraction of sp³-hybridized carbons (Fsp3) is 0.538. The van der Waals surface area contributed by atoms with Crippen LogP contribution in [0.2, 0.25) is 0 Å². The molecule has 2 aliphatic heterocycles. The van der Waals surface area contributed by atoms with Crippen molar-refractivity contribution in [2.75, 3.05) is 19.9 Å². The molecule has 0 saturated carbocycles. The molecule has 17 heavy (non-hydrogen) atoms. The van der Waals surface area contributed by atoms with Crippen LogP contribution in [0.25, 0.3) is 0 Å². The molecule has 1 aromatic carbocycles. The highest BCUT2D eigenvalue weighted by molar-refractivity contribution is 9.10. The number of halogens is 1. The topological polar surface area (TPSA) is 30.5 Å². The molecule has 92 valence electrons. The summed E-state index contributed by atoms with van der Waals surface area (Å²) in [6.07, 6.45) is 3.61. The van der Waals surface area contributed by atoms with E-state index in [1.165, 1.54) is 18.4 Å². The first kappa shape index (κ1) is 11.4. The molecule has 0 radical (unpaired) electrons. The fourth-order valence-corrected chi connectivity index (χ4v) is 3.00. The van der Waals surface area contributed by atoms with Crippen LogP contribution in [-0.4, -0.2) is 19.9 Å². The summed E-state index contributed by atoms with van der Waals surface area (Å²) in [5, 5.41) is 3.40. The third kappa shape index (κ3) is 2.29. The van der Waals surface area contributed by atoms with Gasteiger partial charge in [0.05, 0.1) is 4.47 Å². The standard InChI is InChI=1S/C13H16BrNO2/c14-11-2-1-10(12-13(11)17-8-16-12)7-9-3-5-15-6-4-9/h1-2,9,15H,3-8H2. The van der Waals surface area contributed by atoms with Crippen molar-refractivity contribution in [2.24, 2.45) is 5.92 Å². The van der Waals surface area contributed by atoms with Crippen LogP contribution in [0.3, 0.4) is 0 Å². The van der Waals surface area contributed by atoms with Crippen LogP contribution >= 0.6 is 15.9 Å². The first-order chi connectivity index (χ1) is 8.34. The first-order valence-electron chi connectivity index (χ1n) is 6.12. The molecular formula is C13H16BrNO2. The van der Waals surface area contributed by atoms with Gasteiger partial charge < -0.3 is 14.8 Å². The van der Waals surface area contributed by atoms with Gasteiger partial charge >= 0.3 is 0 Å². The van der Waals surface area contributed by atoms with Crippen molar-refractivity contribution in [3.63, 3.8) is 0 Å². The zero-order chi connectivity index (χ0) is 11.7. The monoisotopic (exact) mass is 297 g/mol. The van der Waals surface area contributed by atoms with Gasteiger partial charge in [-0.2, -0.15) is 0 Å². The van der Waals surface area contributed by atoms with Crippen LogP contribution < -0.4 is 14.8 Å². The molecule has 0 spiro atoms. The highest BCUT2D eigenvalue weighted by atomic mass is 79.9. The Hall–Kier alpha value is -0.740. The molecule has 0 bridgehead atoms. The van der Waals surface area contributed by atoms with Gasteiger partial charge in [-0.1, -0.05) is 6.07 Å². The van der Waals surface area contributed by atoms with Gasteiger partial charge in [0.2, 0.25) is 6.79 Å². The minimum Gasteiger partial charge on any atom is -0.453 e. The minimum absolute atomic E-state index is 0.344. The van der Waals surface area contributed by atoms with Crippen LogP contribution in [0.15, 0.2) is 16.6 Å². The Morgan fingerprint density at radius 1 is 1.18 bits per heavy atom. The number of piperidine rings is 1. The van der Waals surface area contributed by atoms with Gasteiger partial charge in [0.15, 0.2) is 11.5 Å². The number of hydrogen-bond donors (Lipinski definition) is 1. The lowest BCUT2D eigenvalue weighted by molar-refractivity contribution is 0.172. The molecule has 4 heteroatoms. The molecule has 3 rings (SSSR count). The molecule has 1 N–H and O–H groups in total. The molecule has 2 aliphatic rings. The Morgan fingerprint density at radius 2 is 1.94 bits per heavy atom. The maximum Gasteiger partial charge on any atom is 0.231 e. The van der Waals surface area contributed by atoms with Gasteiger partial charge in [-0.15, -0.1) is 0 Å². The number of ether oxygens (including phenoxy) is 2. The maximum atomic E-state index is 5.58. The quantitative estimate of drug-likeness (QED) is 0.910. The highest BCUT2D eigenvalue weighted by Gasteiger charge is 2.23. The second-order valence-corrected chi connectivity index (χ2v) is 5.52. The van der Waals surface area contributed by atoms with E-state index in [1.807, 2.05) is 0 Å². The summed E-state index contributed by atoms with van der Waals surface area (Å²) in [7, 11) is 0. The van der Waals surface area contributed by atoms with E-state index in [9.17, 15) is 0 Å². The molecule has 1 fully saturated rings. The lowest BCUT2D eigenvalue weighted by Crippen LogP contribution is -2.28. The summed E-state index contributed by atoms with van der Waals surface area (Å²) in [6, 6.07) is 4.21. The highest BCUT2D eigenvalue weighted by Crippen LogP contribution is 2.42. The SMILES string of the molecule is Brc1ccc(CC2CCNCC2)c2c1OCO2. The molecule has 0 unspecified atom stereocenters. The zero-order valence-corrected chi connectivity index (χ0v) is 11.3. The van der Waals surface area contributed by atoms with Crippen LogP contribution in [0.1, 0.15) is 18.4 Å². The molecule has 3 nitrogen and oxygen atoms in total. The molecule has 2 heterocycles. The van der Waals surface area contributed by atoms with Crippen molar-refractivity contribution in [1.82, 2.24) is 5.32 Å². The molecular weight excluding hydrogens is 282 g/mol. The number of hydrogen-bond acceptors (Lipinski definition) is 3. The average molecular weight is 298 g/mol. The average Bonchev–Trinajstić information content (AvgIpc) is 2.84. The summed E-state index contributed by atoms with van der Waals surface area (Å²) in [5.74, 6) is 2.58. The molecule has 1 saturated heterocycles. The summed E-state index contributed by atoms with van der Waals surface area (Å²) in [5.41, 5.74) is 1.28. The van der Waals surface area contributed by atoms with Gasteiger partial charge in [0.25, 0.3) is 0 Å². The van der Waals surface area contributed by atoms with E-state index in [0.29, 0.717) is 6.79 Å². The van der Waals surface area contributed by atoms with Crippen molar-refractivity contribution < 1.29 is 9.47 Å². The van der Waals surface area contributed by atoms with Crippen molar-refractivity contribution in [2.45, 2.75) is 19.3 Å². The smallest absolute Gasteiger partial charge is 0.231 e. The van der Waals surface area contributed by atoms with E-state index in [4.69, 9.17) is 9.47 Å². The minimum atomic E-state index is 0.344. The normalized spacial score (nSPS) is 19.6. The van der Waals surface area contributed by atoms with Gasteiger partial charge in [-0.25, -0.2) is 0 Å². The van der Waals surface area contributed by atoms with Crippen LogP contribution in [0.5, 0.6) is 11.5 Å². The summed E-state index contributed by atoms with van der Waals surface area (Å²) in [4.78, 5) is 0. The van der Waals surface area contributed by atoms with E-state index >= 15 is 0 Å². The van der Waals surface area contributed by atoms with Crippen molar-refractivity contribution in [1.29, 1.82) is 0 Å². The first-order valence-corrected chi connectivity index (χ1v) is 6.91. The van der Waals surface area contributed by atoms with Gasteiger partial charge in [-0.05, 0) is 65.8 Å². The van der Waals surface area contributed by atoms with Crippen molar-refractivity contribution in [3.05, 3.63) is 22.2 Å². The van der Waals surface area contributed by atoms with Crippen LogP contribution in [0, 0.1) is 5.92 Å². The lowest BCUT2D eigenvalue weighted by Gasteiger charge is -2.23. The Kier molecular flexibility index (Phi) is 3.25. The van der Waals surface area contributed by atoms with Crippen LogP contribution in [0.4, 0.5) is 0 Å². The molecule has 0 amide bonds. The van der Waals surface area contributed by atoms with E-state index in [1.54, 1.807) is 0 Å². The summed E-state index contributed by atoms with van der Waals surface area (Å²) >= 11 is 3.49. The van der Waals surface area contributed by atoms with E-state index in [-0.39, 0.29) is 0 Å². The second-order valence-electron chi connectivity index (χ2n) is 4.67. The Balaban J connectivity index is 1.81.